The van der Waals surface area contributed by atoms with Gasteiger partial charge >= 0.3 is 0 Å². The van der Waals surface area contributed by atoms with Gasteiger partial charge < -0.3 is 5.32 Å². The summed E-state index contributed by atoms with van der Waals surface area (Å²) in [5, 5.41) is 3.58. The second-order valence-electron chi connectivity index (χ2n) is 7.66. The Morgan fingerprint density at radius 2 is 1.67 bits per heavy atom. The third kappa shape index (κ3) is 5.43. The van der Waals surface area contributed by atoms with Gasteiger partial charge in [0.2, 0.25) is 0 Å². The minimum absolute atomic E-state index is 0.151. The van der Waals surface area contributed by atoms with Gasteiger partial charge in [0.25, 0.3) is 0 Å². The Morgan fingerprint density at radius 3 is 2.24 bits per heavy atom. The van der Waals surface area contributed by atoms with Gasteiger partial charge in [0, 0.05) is 0 Å². The molecule has 0 atom stereocenters. The molecule has 1 fully saturated rings. The molecule has 1 aliphatic rings. The first-order valence-corrected chi connectivity index (χ1v) is 8.40. The summed E-state index contributed by atoms with van der Waals surface area (Å²) in [5.74, 6) is 1.59. The molecule has 21 heavy (non-hydrogen) atoms. The van der Waals surface area contributed by atoms with Crippen molar-refractivity contribution in [3.8, 4) is 0 Å². The molecule has 0 amide bonds. The Labute approximate surface area is 129 Å². The predicted molar refractivity (Wildman–Crippen MR) is 87.9 cm³/mol. The molecule has 1 N–H and O–H groups in total. The van der Waals surface area contributed by atoms with E-state index in [1.807, 2.05) is 12.1 Å². The predicted octanol–water partition coefficient (Wildman–Crippen LogP) is 4.81. The molecular formula is C19H30FN. The molecule has 2 heteroatoms. The van der Waals surface area contributed by atoms with E-state index in [9.17, 15) is 4.39 Å². The van der Waals surface area contributed by atoms with E-state index >= 15 is 0 Å². The Hall–Kier alpha value is -0.890. The van der Waals surface area contributed by atoms with Gasteiger partial charge in [-0.25, -0.2) is 4.39 Å². The summed E-state index contributed by atoms with van der Waals surface area (Å²) in [7, 11) is 0. The van der Waals surface area contributed by atoms with Crippen molar-refractivity contribution in [1.82, 2.24) is 5.32 Å². The number of rotatable bonds is 5. The van der Waals surface area contributed by atoms with Gasteiger partial charge in [-0.15, -0.1) is 0 Å². The van der Waals surface area contributed by atoms with Crippen LogP contribution in [0.5, 0.6) is 0 Å². The zero-order valence-corrected chi connectivity index (χ0v) is 13.8. The minimum atomic E-state index is -0.151. The van der Waals surface area contributed by atoms with Crippen LogP contribution in [0.4, 0.5) is 4.39 Å². The van der Waals surface area contributed by atoms with Crippen LogP contribution in [0.2, 0.25) is 0 Å². The lowest BCUT2D eigenvalue weighted by atomic mass is 9.70. The van der Waals surface area contributed by atoms with Gasteiger partial charge in [0.15, 0.2) is 0 Å². The van der Waals surface area contributed by atoms with Crippen LogP contribution in [-0.2, 0) is 6.42 Å². The first-order valence-electron chi connectivity index (χ1n) is 8.40. The van der Waals surface area contributed by atoms with Crippen molar-refractivity contribution in [3.63, 3.8) is 0 Å². The van der Waals surface area contributed by atoms with Gasteiger partial charge in [0.05, 0.1) is 0 Å². The van der Waals surface area contributed by atoms with Gasteiger partial charge in [-0.3, -0.25) is 0 Å². The molecule has 0 unspecified atom stereocenters. The average molecular weight is 291 g/mol. The fourth-order valence-electron chi connectivity index (χ4n) is 3.42. The molecule has 1 aromatic rings. The topological polar surface area (TPSA) is 12.0 Å². The highest BCUT2D eigenvalue weighted by Crippen LogP contribution is 2.39. The van der Waals surface area contributed by atoms with Crippen molar-refractivity contribution in [2.75, 3.05) is 13.1 Å². The van der Waals surface area contributed by atoms with Gasteiger partial charge in [-0.05, 0) is 80.1 Å². The fraction of sp³-hybridized carbons (Fsp3) is 0.684. The first kappa shape index (κ1) is 16.5. The Kier molecular flexibility index (Phi) is 5.80. The van der Waals surface area contributed by atoms with Crippen LogP contribution in [0.25, 0.3) is 0 Å². The molecule has 2 rings (SSSR count). The molecule has 1 aliphatic carbocycles. The molecule has 1 aromatic carbocycles. The molecule has 0 saturated heterocycles. The highest BCUT2D eigenvalue weighted by Gasteiger charge is 2.29. The van der Waals surface area contributed by atoms with Crippen LogP contribution in [0.3, 0.4) is 0 Å². The minimum Gasteiger partial charge on any atom is -0.316 e. The molecule has 0 spiro atoms. The smallest absolute Gasteiger partial charge is 0.123 e. The Balaban J connectivity index is 1.61. The van der Waals surface area contributed by atoms with Crippen LogP contribution in [0.1, 0.15) is 52.0 Å². The number of hydrogen-bond donors (Lipinski definition) is 1. The van der Waals surface area contributed by atoms with Crippen molar-refractivity contribution in [1.29, 1.82) is 0 Å². The van der Waals surface area contributed by atoms with Crippen LogP contribution in [0.15, 0.2) is 24.3 Å². The van der Waals surface area contributed by atoms with Gasteiger partial charge in [-0.2, -0.15) is 0 Å². The molecule has 0 aromatic heterocycles. The van der Waals surface area contributed by atoms with E-state index in [2.05, 4.69) is 26.1 Å². The monoisotopic (exact) mass is 291 g/mol. The standard InChI is InChI=1S/C19H30FN/c1-19(2,3)17-8-4-16(5-9-17)14-21-13-12-15-6-10-18(20)11-7-15/h6-7,10-11,16-17,21H,4-5,8-9,12-14H2,1-3H3. The SMILES string of the molecule is CC(C)(C)C1CCC(CNCCc2ccc(F)cc2)CC1. The lowest BCUT2D eigenvalue weighted by Crippen LogP contribution is -2.31. The van der Waals surface area contributed by atoms with E-state index in [1.165, 1.54) is 31.2 Å². The Morgan fingerprint density at radius 1 is 1.05 bits per heavy atom. The van der Waals surface area contributed by atoms with Crippen molar-refractivity contribution < 1.29 is 4.39 Å². The zero-order chi connectivity index (χ0) is 15.3. The molecule has 0 aliphatic heterocycles. The largest absolute Gasteiger partial charge is 0.316 e. The van der Waals surface area contributed by atoms with Gasteiger partial charge in [-0.1, -0.05) is 32.9 Å². The number of hydrogen-bond acceptors (Lipinski definition) is 1. The third-order valence-electron chi connectivity index (χ3n) is 5.01. The number of benzene rings is 1. The maximum atomic E-state index is 12.8. The molecule has 0 radical (unpaired) electrons. The van der Waals surface area contributed by atoms with E-state index < -0.39 is 0 Å². The maximum absolute atomic E-state index is 12.8. The maximum Gasteiger partial charge on any atom is 0.123 e. The molecule has 1 nitrogen and oxygen atoms in total. The first-order chi connectivity index (χ1) is 9.95. The van der Waals surface area contributed by atoms with E-state index in [0.717, 1.165) is 31.3 Å². The molecule has 0 bridgehead atoms. The van der Waals surface area contributed by atoms with Crippen LogP contribution in [-0.4, -0.2) is 13.1 Å². The summed E-state index contributed by atoms with van der Waals surface area (Å²) in [6.45, 7) is 9.25. The van der Waals surface area contributed by atoms with Crippen molar-refractivity contribution in [2.24, 2.45) is 17.3 Å². The van der Waals surface area contributed by atoms with Crippen LogP contribution < -0.4 is 5.32 Å². The highest BCUT2D eigenvalue weighted by atomic mass is 19.1. The summed E-state index contributed by atoms with van der Waals surface area (Å²) in [6, 6.07) is 6.85. The number of halogens is 1. The van der Waals surface area contributed by atoms with Crippen molar-refractivity contribution in [2.45, 2.75) is 52.9 Å². The quantitative estimate of drug-likeness (QED) is 0.768. The van der Waals surface area contributed by atoms with E-state index in [0.29, 0.717) is 5.41 Å². The normalized spacial score (nSPS) is 23.2. The summed E-state index contributed by atoms with van der Waals surface area (Å²) >= 11 is 0. The second-order valence-corrected chi connectivity index (χ2v) is 7.66. The molecule has 118 valence electrons. The summed E-state index contributed by atoms with van der Waals surface area (Å²) in [5.41, 5.74) is 1.68. The molecular weight excluding hydrogens is 261 g/mol. The van der Waals surface area contributed by atoms with Crippen LogP contribution >= 0.6 is 0 Å². The lowest BCUT2D eigenvalue weighted by molar-refractivity contribution is 0.149. The lowest BCUT2D eigenvalue weighted by Gasteiger charge is -2.37. The Bertz CT molecular complexity index is 410. The summed E-state index contributed by atoms with van der Waals surface area (Å²) in [4.78, 5) is 0. The van der Waals surface area contributed by atoms with Crippen LogP contribution in [0, 0.1) is 23.1 Å². The summed E-state index contributed by atoms with van der Waals surface area (Å²) in [6.07, 6.45) is 6.48. The van der Waals surface area contributed by atoms with Gasteiger partial charge in [0.1, 0.15) is 5.82 Å². The van der Waals surface area contributed by atoms with Crippen molar-refractivity contribution in [3.05, 3.63) is 35.6 Å². The third-order valence-corrected chi connectivity index (χ3v) is 5.01. The molecule has 0 heterocycles. The number of nitrogens with one attached hydrogen (secondary N) is 1. The fourth-order valence-corrected chi connectivity index (χ4v) is 3.42. The van der Waals surface area contributed by atoms with Crippen molar-refractivity contribution >= 4 is 0 Å². The molecule has 1 saturated carbocycles. The van der Waals surface area contributed by atoms with E-state index in [-0.39, 0.29) is 5.82 Å². The second kappa shape index (κ2) is 7.40. The van der Waals surface area contributed by atoms with E-state index in [1.54, 1.807) is 12.1 Å². The average Bonchev–Trinajstić information content (AvgIpc) is 2.45. The summed E-state index contributed by atoms with van der Waals surface area (Å²) < 4.78 is 12.8. The zero-order valence-electron chi connectivity index (χ0n) is 13.8. The highest BCUT2D eigenvalue weighted by molar-refractivity contribution is 5.16. The van der Waals surface area contributed by atoms with E-state index in [4.69, 9.17) is 0 Å².